The molecule has 3 rings (SSSR count). The molecule has 0 spiro atoms. The van der Waals surface area contributed by atoms with E-state index in [9.17, 15) is 22.8 Å². The van der Waals surface area contributed by atoms with Crippen molar-refractivity contribution in [3.63, 3.8) is 0 Å². The van der Waals surface area contributed by atoms with Crippen molar-refractivity contribution in [2.24, 2.45) is 0 Å². The lowest BCUT2D eigenvalue weighted by atomic mass is 10.1. The summed E-state index contributed by atoms with van der Waals surface area (Å²) in [7, 11) is -3.36. The number of carbonyl (C=O) groups is 2. The van der Waals surface area contributed by atoms with E-state index in [1.807, 2.05) is 0 Å². The molecule has 2 N–H and O–H groups in total. The monoisotopic (exact) mass is 390 g/mol. The maximum absolute atomic E-state index is 12.2. The second-order valence-electron chi connectivity index (χ2n) is 6.10. The molecule has 1 aromatic heterocycles. The van der Waals surface area contributed by atoms with Crippen LogP contribution in [0.2, 0.25) is 0 Å². The number of fused-ring (bicyclic) bond motifs is 1. The Hall–Kier alpha value is -3.14. The van der Waals surface area contributed by atoms with E-state index in [2.05, 4.69) is 10.9 Å². The molecular weight excluding hydrogens is 372 g/mol. The average molecular weight is 390 g/mol. The lowest BCUT2D eigenvalue weighted by Crippen LogP contribution is -2.44. The lowest BCUT2D eigenvalue weighted by molar-refractivity contribution is -0.122. The van der Waals surface area contributed by atoms with E-state index in [1.54, 1.807) is 24.3 Å². The number of pyridine rings is 1. The SMILES string of the molecule is CS(=O)(=O)N1CCc2cc(C(=O)NNC(=O)Cn3ccccc3=O)ccc21. The summed E-state index contributed by atoms with van der Waals surface area (Å²) in [5, 5.41) is 0. The second-order valence-corrected chi connectivity index (χ2v) is 8.00. The highest BCUT2D eigenvalue weighted by molar-refractivity contribution is 7.92. The van der Waals surface area contributed by atoms with Gasteiger partial charge in [-0.25, -0.2) is 8.42 Å². The van der Waals surface area contributed by atoms with Crippen LogP contribution in [0.1, 0.15) is 15.9 Å². The zero-order valence-electron chi connectivity index (χ0n) is 14.5. The summed E-state index contributed by atoms with van der Waals surface area (Å²) in [6.07, 6.45) is 3.11. The van der Waals surface area contributed by atoms with Crippen LogP contribution in [-0.4, -0.2) is 37.6 Å². The molecule has 142 valence electrons. The second kappa shape index (κ2) is 7.23. The van der Waals surface area contributed by atoms with E-state index in [4.69, 9.17) is 0 Å². The van der Waals surface area contributed by atoms with Crippen molar-refractivity contribution in [2.75, 3.05) is 17.1 Å². The number of rotatable bonds is 4. The van der Waals surface area contributed by atoms with Gasteiger partial charge in [-0.1, -0.05) is 6.07 Å². The van der Waals surface area contributed by atoms with Crippen LogP contribution in [0.15, 0.2) is 47.4 Å². The van der Waals surface area contributed by atoms with Crippen LogP contribution in [0.3, 0.4) is 0 Å². The number of hydrazine groups is 1. The molecule has 0 unspecified atom stereocenters. The maximum Gasteiger partial charge on any atom is 0.269 e. The van der Waals surface area contributed by atoms with E-state index >= 15 is 0 Å². The Morgan fingerprint density at radius 3 is 2.63 bits per heavy atom. The minimum atomic E-state index is -3.36. The molecule has 2 aromatic rings. The quantitative estimate of drug-likeness (QED) is 0.691. The maximum atomic E-state index is 12.2. The van der Waals surface area contributed by atoms with E-state index in [-0.39, 0.29) is 12.1 Å². The van der Waals surface area contributed by atoms with Gasteiger partial charge >= 0.3 is 0 Å². The minimum absolute atomic E-state index is 0.229. The van der Waals surface area contributed by atoms with Gasteiger partial charge in [0.1, 0.15) is 6.54 Å². The third-order valence-corrected chi connectivity index (χ3v) is 5.30. The molecular formula is C17H18N4O5S. The van der Waals surface area contributed by atoms with E-state index in [0.717, 1.165) is 11.8 Å². The number of nitrogens with one attached hydrogen (secondary N) is 2. The molecule has 0 fully saturated rings. The molecule has 9 nitrogen and oxygen atoms in total. The van der Waals surface area contributed by atoms with Crippen LogP contribution in [0, 0.1) is 0 Å². The number of amides is 2. The van der Waals surface area contributed by atoms with Gasteiger partial charge in [-0.3, -0.25) is 29.5 Å². The smallest absolute Gasteiger partial charge is 0.269 e. The summed E-state index contributed by atoms with van der Waals surface area (Å²) in [5.74, 6) is -1.09. The first-order valence-corrected chi connectivity index (χ1v) is 9.96. The van der Waals surface area contributed by atoms with Crippen molar-refractivity contribution in [3.05, 3.63) is 64.1 Å². The van der Waals surface area contributed by atoms with Crippen LogP contribution in [0.4, 0.5) is 5.69 Å². The topological polar surface area (TPSA) is 118 Å². The first-order valence-electron chi connectivity index (χ1n) is 8.11. The molecule has 27 heavy (non-hydrogen) atoms. The van der Waals surface area contributed by atoms with Gasteiger partial charge in [-0.15, -0.1) is 0 Å². The summed E-state index contributed by atoms with van der Waals surface area (Å²) >= 11 is 0. The summed E-state index contributed by atoms with van der Waals surface area (Å²) in [4.78, 5) is 35.7. The fraction of sp³-hybridized carbons (Fsp3) is 0.235. The number of hydrogen-bond acceptors (Lipinski definition) is 5. The lowest BCUT2D eigenvalue weighted by Gasteiger charge is -2.16. The van der Waals surface area contributed by atoms with E-state index in [1.165, 1.54) is 27.2 Å². The summed E-state index contributed by atoms with van der Waals surface area (Å²) in [6.45, 7) is 0.106. The summed E-state index contributed by atoms with van der Waals surface area (Å²) < 4.78 is 26.0. The molecule has 0 saturated carbocycles. The fourth-order valence-electron chi connectivity index (χ4n) is 2.84. The van der Waals surface area contributed by atoms with Gasteiger partial charge in [0.2, 0.25) is 10.0 Å². The normalized spacial score (nSPS) is 13.1. The summed E-state index contributed by atoms with van der Waals surface area (Å²) in [5.41, 5.74) is 5.81. The van der Waals surface area contributed by atoms with Gasteiger partial charge in [0.05, 0.1) is 11.9 Å². The van der Waals surface area contributed by atoms with Gasteiger partial charge in [0.15, 0.2) is 0 Å². The molecule has 1 aliphatic heterocycles. The fourth-order valence-corrected chi connectivity index (χ4v) is 3.80. The van der Waals surface area contributed by atoms with Crippen molar-refractivity contribution in [3.8, 4) is 0 Å². The summed E-state index contributed by atoms with van der Waals surface area (Å²) in [6, 6.07) is 9.18. The number of hydrogen-bond donors (Lipinski definition) is 2. The predicted octanol–water partition coefficient (Wildman–Crippen LogP) is -0.368. The zero-order chi connectivity index (χ0) is 19.6. The Morgan fingerprint density at radius 2 is 1.93 bits per heavy atom. The minimum Gasteiger partial charge on any atom is -0.306 e. The van der Waals surface area contributed by atoms with Crippen molar-refractivity contribution in [1.82, 2.24) is 15.4 Å². The van der Waals surface area contributed by atoms with Crippen LogP contribution >= 0.6 is 0 Å². The highest BCUT2D eigenvalue weighted by atomic mass is 32.2. The first-order chi connectivity index (χ1) is 12.8. The van der Waals surface area contributed by atoms with Gasteiger partial charge in [0.25, 0.3) is 17.4 Å². The van der Waals surface area contributed by atoms with Gasteiger partial charge in [-0.2, -0.15) is 0 Å². The Kier molecular flexibility index (Phi) is 5.00. The average Bonchev–Trinajstić information content (AvgIpc) is 3.05. The van der Waals surface area contributed by atoms with Crippen molar-refractivity contribution < 1.29 is 18.0 Å². The van der Waals surface area contributed by atoms with Gasteiger partial charge < -0.3 is 4.57 Å². The zero-order valence-corrected chi connectivity index (χ0v) is 15.3. The Balaban J connectivity index is 1.63. The number of sulfonamides is 1. The molecule has 10 heteroatoms. The number of carbonyl (C=O) groups excluding carboxylic acids is 2. The van der Waals surface area contributed by atoms with Gasteiger partial charge in [0, 0.05) is 24.4 Å². The Labute approximate surface area is 155 Å². The highest BCUT2D eigenvalue weighted by Crippen LogP contribution is 2.30. The third-order valence-electron chi connectivity index (χ3n) is 4.12. The van der Waals surface area contributed by atoms with Gasteiger partial charge in [-0.05, 0) is 36.2 Å². The Bertz CT molecular complexity index is 1060. The van der Waals surface area contributed by atoms with Crippen LogP contribution in [-0.2, 0) is 27.8 Å². The molecule has 0 saturated heterocycles. The molecule has 0 atom stereocenters. The van der Waals surface area contributed by atoms with E-state index < -0.39 is 21.8 Å². The molecule has 1 aromatic carbocycles. The number of aromatic nitrogens is 1. The standard InChI is InChI=1S/C17H18N4O5S/c1-27(25,26)21-9-7-12-10-13(5-6-14(12)21)17(24)19-18-15(22)11-20-8-3-2-4-16(20)23/h2-6,8,10H,7,9,11H2,1H3,(H,18,22)(H,19,24). The van der Waals surface area contributed by atoms with Crippen molar-refractivity contribution >= 4 is 27.5 Å². The molecule has 0 radical (unpaired) electrons. The predicted molar refractivity (Wildman–Crippen MR) is 98.6 cm³/mol. The highest BCUT2D eigenvalue weighted by Gasteiger charge is 2.26. The van der Waals surface area contributed by atoms with Crippen LogP contribution in [0.25, 0.3) is 0 Å². The van der Waals surface area contributed by atoms with Crippen LogP contribution < -0.4 is 20.7 Å². The molecule has 2 amide bonds. The molecule has 1 aliphatic rings. The number of benzene rings is 1. The third kappa shape index (κ3) is 4.17. The molecule has 0 aliphatic carbocycles. The number of nitrogens with zero attached hydrogens (tertiary/aromatic N) is 2. The molecule has 2 heterocycles. The van der Waals surface area contributed by atoms with Crippen LogP contribution in [0.5, 0.6) is 0 Å². The molecule has 0 bridgehead atoms. The largest absolute Gasteiger partial charge is 0.306 e. The number of anilines is 1. The van der Waals surface area contributed by atoms with Crippen molar-refractivity contribution in [2.45, 2.75) is 13.0 Å². The first kappa shape index (κ1) is 18.6. The Morgan fingerprint density at radius 1 is 1.15 bits per heavy atom. The van der Waals surface area contributed by atoms with Crippen molar-refractivity contribution in [1.29, 1.82) is 0 Å². The van der Waals surface area contributed by atoms with E-state index in [0.29, 0.717) is 24.2 Å².